The number of allylic oxidation sites excluding steroid dienone is 1. The minimum absolute atomic E-state index is 0.141. The zero-order chi connectivity index (χ0) is 11.0. The molecule has 0 radical (unpaired) electrons. The Bertz CT molecular complexity index is 648. The van der Waals surface area contributed by atoms with E-state index in [0.29, 0.717) is 11.4 Å². The number of rotatable bonds is 1. The number of aliphatic imine (C=N–C) groups is 1. The number of H-pyrrole nitrogens is 2. The molecular formula is C11H8N4O. The Kier molecular flexibility index (Phi) is 1.83. The van der Waals surface area contributed by atoms with E-state index in [1.165, 1.54) is 0 Å². The first-order valence-corrected chi connectivity index (χ1v) is 4.82. The molecule has 1 aliphatic heterocycles. The van der Waals surface area contributed by atoms with Crippen molar-refractivity contribution >= 4 is 23.7 Å². The van der Waals surface area contributed by atoms with Gasteiger partial charge in [0, 0.05) is 29.7 Å². The second-order valence-electron chi connectivity index (χ2n) is 3.43. The molecule has 5 heteroatoms. The molecule has 0 atom stereocenters. The first kappa shape index (κ1) is 8.84. The third kappa shape index (κ3) is 1.30. The van der Waals surface area contributed by atoms with Crippen molar-refractivity contribution in [3.63, 3.8) is 0 Å². The van der Waals surface area contributed by atoms with Crippen LogP contribution in [0.25, 0.3) is 11.6 Å². The van der Waals surface area contributed by atoms with Gasteiger partial charge in [0.05, 0.1) is 5.56 Å². The van der Waals surface area contributed by atoms with Gasteiger partial charge in [-0.15, -0.1) is 0 Å². The SMILES string of the molecule is O=c1[nH][nH]cc1C=C1C=Nc2ncccc21. The maximum atomic E-state index is 11.3. The summed E-state index contributed by atoms with van der Waals surface area (Å²) < 4.78 is 0. The fourth-order valence-corrected chi connectivity index (χ4v) is 1.63. The number of hydrogen-bond acceptors (Lipinski definition) is 3. The number of aromatic nitrogens is 3. The number of fused-ring (bicyclic) bond motifs is 1. The van der Waals surface area contributed by atoms with Crippen LogP contribution in [0, 0.1) is 0 Å². The molecule has 0 amide bonds. The Labute approximate surface area is 90.6 Å². The van der Waals surface area contributed by atoms with Crippen molar-refractivity contribution in [1.82, 2.24) is 15.2 Å². The Balaban J connectivity index is 2.12. The molecule has 0 aliphatic carbocycles. The Morgan fingerprint density at radius 1 is 1.38 bits per heavy atom. The summed E-state index contributed by atoms with van der Waals surface area (Å²) >= 11 is 0. The van der Waals surface area contributed by atoms with Crippen LogP contribution in [-0.2, 0) is 0 Å². The molecule has 0 saturated carbocycles. The summed E-state index contributed by atoms with van der Waals surface area (Å²) in [5.74, 6) is 0.695. The van der Waals surface area contributed by atoms with Crippen LogP contribution in [0.2, 0.25) is 0 Å². The molecule has 2 aromatic rings. The van der Waals surface area contributed by atoms with E-state index in [0.717, 1.165) is 11.1 Å². The van der Waals surface area contributed by atoms with Crippen molar-refractivity contribution < 1.29 is 0 Å². The largest absolute Gasteiger partial charge is 0.305 e. The van der Waals surface area contributed by atoms with Crippen molar-refractivity contribution in [3.05, 3.63) is 46.0 Å². The maximum Gasteiger partial charge on any atom is 0.271 e. The Hall–Kier alpha value is -2.43. The molecule has 2 aromatic heterocycles. The molecule has 0 fully saturated rings. The first-order valence-electron chi connectivity index (χ1n) is 4.82. The molecule has 0 aromatic carbocycles. The summed E-state index contributed by atoms with van der Waals surface area (Å²) in [5, 5.41) is 5.14. The lowest BCUT2D eigenvalue weighted by Gasteiger charge is -1.95. The van der Waals surface area contributed by atoms with Gasteiger partial charge in [-0.1, -0.05) is 0 Å². The molecule has 1 aliphatic rings. The van der Waals surface area contributed by atoms with E-state index in [1.54, 1.807) is 24.7 Å². The molecule has 0 spiro atoms. The van der Waals surface area contributed by atoms with Crippen molar-refractivity contribution in [2.24, 2.45) is 4.99 Å². The molecule has 5 nitrogen and oxygen atoms in total. The van der Waals surface area contributed by atoms with Gasteiger partial charge >= 0.3 is 0 Å². The highest BCUT2D eigenvalue weighted by atomic mass is 16.1. The van der Waals surface area contributed by atoms with Crippen molar-refractivity contribution in [1.29, 1.82) is 0 Å². The quantitative estimate of drug-likeness (QED) is 0.748. The zero-order valence-corrected chi connectivity index (χ0v) is 8.27. The van der Waals surface area contributed by atoms with Gasteiger partial charge in [0.2, 0.25) is 0 Å². The van der Waals surface area contributed by atoms with Crippen LogP contribution in [0.3, 0.4) is 0 Å². The first-order chi connectivity index (χ1) is 7.84. The van der Waals surface area contributed by atoms with E-state index in [9.17, 15) is 4.79 Å². The topological polar surface area (TPSA) is 73.9 Å². The van der Waals surface area contributed by atoms with Crippen molar-refractivity contribution in [2.75, 3.05) is 0 Å². The van der Waals surface area contributed by atoms with Gasteiger partial charge in [0.25, 0.3) is 5.56 Å². The van der Waals surface area contributed by atoms with Gasteiger partial charge in [-0.25, -0.2) is 9.98 Å². The molecule has 3 rings (SSSR count). The van der Waals surface area contributed by atoms with E-state index in [-0.39, 0.29) is 5.56 Å². The van der Waals surface area contributed by atoms with E-state index in [4.69, 9.17) is 0 Å². The van der Waals surface area contributed by atoms with Crippen LogP contribution in [0.1, 0.15) is 11.1 Å². The lowest BCUT2D eigenvalue weighted by atomic mass is 10.1. The molecule has 0 unspecified atom stereocenters. The van der Waals surface area contributed by atoms with Crippen LogP contribution in [0.4, 0.5) is 5.82 Å². The van der Waals surface area contributed by atoms with E-state index < -0.39 is 0 Å². The summed E-state index contributed by atoms with van der Waals surface area (Å²) in [6.07, 6.45) is 6.82. The average Bonchev–Trinajstić information content (AvgIpc) is 2.88. The second-order valence-corrected chi connectivity index (χ2v) is 3.43. The third-order valence-electron chi connectivity index (χ3n) is 2.41. The van der Waals surface area contributed by atoms with Gasteiger partial charge in [0.15, 0.2) is 5.82 Å². The summed E-state index contributed by atoms with van der Waals surface area (Å²) in [5.41, 5.74) is 2.28. The molecular weight excluding hydrogens is 204 g/mol. The number of nitrogens with zero attached hydrogens (tertiary/aromatic N) is 2. The summed E-state index contributed by atoms with van der Waals surface area (Å²) in [6.45, 7) is 0. The molecule has 0 bridgehead atoms. The van der Waals surface area contributed by atoms with Gasteiger partial charge in [-0.3, -0.25) is 9.89 Å². The zero-order valence-electron chi connectivity index (χ0n) is 8.27. The number of aromatic amines is 2. The third-order valence-corrected chi connectivity index (χ3v) is 2.41. The van der Waals surface area contributed by atoms with Crippen molar-refractivity contribution in [3.8, 4) is 0 Å². The fraction of sp³-hybridized carbons (Fsp3) is 0. The van der Waals surface area contributed by atoms with Crippen LogP contribution in [-0.4, -0.2) is 21.4 Å². The maximum absolute atomic E-state index is 11.3. The van der Waals surface area contributed by atoms with E-state index in [1.807, 2.05) is 12.1 Å². The minimum Gasteiger partial charge on any atom is -0.305 e. The highest BCUT2D eigenvalue weighted by Crippen LogP contribution is 2.29. The van der Waals surface area contributed by atoms with Crippen LogP contribution in [0.5, 0.6) is 0 Å². The summed E-state index contributed by atoms with van der Waals surface area (Å²) in [4.78, 5) is 19.6. The summed E-state index contributed by atoms with van der Waals surface area (Å²) in [7, 11) is 0. The van der Waals surface area contributed by atoms with Crippen LogP contribution in [0.15, 0.2) is 34.3 Å². The normalized spacial score (nSPS) is 15.6. The average molecular weight is 212 g/mol. The molecule has 3 heterocycles. The van der Waals surface area contributed by atoms with Gasteiger partial charge < -0.3 is 5.10 Å². The number of hydrogen-bond donors (Lipinski definition) is 2. The highest BCUT2D eigenvalue weighted by molar-refractivity contribution is 6.20. The van der Waals surface area contributed by atoms with Crippen LogP contribution < -0.4 is 5.56 Å². The Morgan fingerprint density at radius 3 is 3.12 bits per heavy atom. The Morgan fingerprint density at radius 2 is 2.31 bits per heavy atom. The lowest BCUT2D eigenvalue weighted by molar-refractivity contribution is 1.06. The van der Waals surface area contributed by atoms with E-state index >= 15 is 0 Å². The predicted molar refractivity (Wildman–Crippen MR) is 61.7 cm³/mol. The van der Waals surface area contributed by atoms with Crippen molar-refractivity contribution in [2.45, 2.75) is 0 Å². The number of nitrogens with one attached hydrogen (secondary N) is 2. The second kappa shape index (κ2) is 3.30. The highest BCUT2D eigenvalue weighted by Gasteiger charge is 2.12. The van der Waals surface area contributed by atoms with Crippen LogP contribution >= 0.6 is 0 Å². The van der Waals surface area contributed by atoms with E-state index in [2.05, 4.69) is 20.2 Å². The van der Waals surface area contributed by atoms with Gasteiger partial charge in [-0.05, 0) is 18.2 Å². The fourth-order valence-electron chi connectivity index (χ4n) is 1.63. The summed E-state index contributed by atoms with van der Waals surface area (Å²) in [6, 6.07) is 3.78. The molecule has 78 valence electrons. The molecule has 0 saturated heterocycles. The standard InChI is InChI=1S/C11H8N4O/c16-11-8(6-14-15-11)4-7-5-13-10-9(7)2-1-3-12-10/h1-6H,(H2,14,15,16). The van der Waals surface area contributed by atoms with Gasteiger partial charge in [-0.2, -0.15) is 0 Å². The molecule has 2 N–H and O–H groups in total. The minimum atomic E-state index is -0.141. The monoisotopic (exact) mass is 212 g/mol. The number of pyridine rings is 1. The smallest absolute Gasteiger partial charge is 0.271 e. The van der Waals surface area contributed by atoms with Gasteiger partial charge in [0.1, 0.15) is 0 Å². The molecule has 16 heavy (non-hydrogen) atoms. The lowest BCUT2D eigenvalue weighted by Crippen LogP contribution is -2.01. The predicted octanol–water partition coefficient (Wildman–Crippen LogP) is 1.35.